The highest BCUT2D eigenvalue weighted by Gasteiger charge is 2.24. The quantitative estimate of drug-likeness (QED) is 0.0418. The van der Waals surface area contributed by atoms with Gasteiger partial charge in [0.25, 0.3) is 0 Å². The zero-order valence-corrected chi connectivity index (χ0v) is 57.1. The van der Waals surface area contributed by atoms with Gasteiger partial charge in [0.2, 0.25) is 0 Å². The topological polar surface area (TPSA) is 0 Å². The van der Waals surface area contributed by atoms with Crippen LogP contribution in [0.4, 0.5) is 0 Å². The van der Waals surface area contributed by atoms with E-state index in [1.807, 2.05) is 0 Å². The fraction of sp³-hybridized carbons (Fsp3) is 0.188. The van der Waals surface area contributed by atoms with E-state index in [0.29, 0.717) is 0 Å². The summed E-state index contributed by atoms with van der Waals surface area (Å²) in [4.78, 5) is 0. The van der Waals surface area contributed by atoms with Gasteiger partial charge in [-0.15, -0.1) is 0 Å². The fourth-order valence-electron chi connectivity index (χ4n) is 14.7. The highest BCUT2D eigenvalue weighted by molar-refractivity contribution is 5.81. The van der Waals surface area contributed by atoms with Crippen molar-refractivity contribution >= 4 is 0 Å². The van der Waals surface area contributed by atoms with Crippen LogP contribution in [-0.2, 0) is 12.8 Å². The zero-order valence-electron chi connectivity index (χ0n) is 57.1. The molecule has 0 saturated carbocycles. The van der Waals surface area contributed by atoms with Crippen LogP contribution in [0.15, 0.2) is 303 Å². The third kappa shape index (κ3) is 15.0. The van der Waals surface area contributed by atoms with Crippen LogP contribution in [-0.4, -0.2) is 0 Å². The molecule has 474 valence electrons. The molecule has 0 aliphatic rings. The molecule has 0 bridgehead atoms. The summed E-state index contributed by atoms with van der Waals surface area (Å²) in [6.45, 7) is 13.7. The van der Waals surface area contributed by atoms with Gasteiger partial charge in [0.05, 0.1) is 0 Å². The maximum Gasteiger partial charge on any atom is 0.0340 e. The first-order valence-electron chi connectivity index (χ1n) is 35.4. The molecule has 13 aromatic rings. The van der Waals surface area contributed by atoms with Crippen LogP contribution in [0, 0.1) is 27.7 Å². The van der Waals surface area contributed by atoms with Gasteiger partial charge in [-0.1, -0.05) is 367 Å². The molecule has 0 heteroatoms. The molecule has 13 rings (SSSR count). The molecule has 2 unspecified atom stereocenters. The third-order valence-corrected chi connectivity index (χ3v) is 20.0. The fourth-order valence-corrected chi connectivity index (χ4v) is 14.7. The molecule has 0 saturated heterocycles. The van der Waals surface area contributed by atoms with E-state index in [0.717, 1.165) is 12.8 Å². The van der Waals surface area contributed by atoms with Gasteiger partial charge < -0.3 is 0 Å². The lowest BCUT2D eigenvalue weighted by Gasteiger charge is -2.24. The van der Waals surface area contributed by atoms with Gasteiger partial charge in [0.15, 0.2) is 0 Å². The Kier molecular flexibility index (Phi) is 20.5. The highest BCUT2D eigenvalue weighted by Crippen LogP contribution is 2.43. The van der Waals surface area contributed by atoms with E-state index < -0.39 is 0 Å². The van der Waals surface area contributed by atoms with Crippen molar-refractivity contribution in [1.82, 2.24) is 0 Å². The van der Waals surface area contributed by atoms with Gasteiger partial charge in [-0.3, -0.25) is 0 Å². The number of hydrogen-bond acceptors (Lipinski definition) is 0. The summed E-state index contributed by atoms with van der Waals surface area (Å²) in [6.07, 6.45) is 11.8. The predicted molar refractivity (Wildman–Crippen MR) is 412 cm³/mol. The molecule has 0 N–H and O–H groups in total. The van der Waals surface area contributed by atoms with E-state index in [1.54, 1.807) is 0 Å². The Bertz CT molecular complexity index is 4380. The summed E-state index contributed by atoms with van der Waals surface area (Å²) < 4.78 is 0. The molecule has 0 heterocycles. The van der Waals surface area contributed by atoms with Crippen molar-refractivity contribution in [2.75, 3.05) is 0 Å². The number of hydrogen-bond donors (Lipinski definition) is 0. The van der Waals surface area contributed by atoms with Crippen molar-refractivity contribution in [3.63, 3.8) is 0 Å². The van der Waals surface area contributed by atoms with Crippen molar-refractivity contribution in [2.45, 2.75) is 118 Å². The van der Waals surface area contributed by atoms with Crippen molar-refractivity contribution in [1.29, 1.82) is 0 Å². The van der Waals surface area contributed by atoms with Crippen molar-refractivity contribution < 1.29 is 0 Å². The lowest BCUT2D eigenvalue weighted by atomic mass is 9.80. The van der Waals surface area contributed by atoms with Crippen LogP contribution in [0.25, 0.3) is 89.0 Å². The van der Waals surface area contributed by atoms with Crippen molar-refractivity contribution in [2.24, 2.45) is 0 Å². The highest BCUT2D eigenvalue weighted by atomic mass is 14.3. The summed E-state index contributed by atoms with van der Waals surface area (Å²) in [6, 6.07) is 115. The van der Waals surface area contributed by atoms with E-state index >= 15 is 0 Å². The van der Waals surface area contributed by atoms with E-state index in [9.17, 15) is 0 Å². The molecule has 0 radical (unpaired) electrons. The van der Waals surface area contributed by atoms with Gasteiger partial charge in [-0.2, -0.15) is 0 Å². The average Bonchev–Trinajstić information content (AvgIpc) is 0.777. The summed E-state index contributed by atoms with van der Waals surface area (Å²) >= 11 is 0. The molecule has 0 fully saturated rings. The van der Waals surface area contributed by atoms with Gasteiger partial charge >= 0.3 is 0 Å². The van der Waals surface area contributed by atoms with Gasteiger partial charge in [0.1, 0.15) is 0 Å². The van der Waals surface area contributed by atoms with Gasteiger partial charge in [-0.25, -0.2) is 0 Å². The Morgan fingerprint density at radius 3 is 0.771 bits per heavy atom. The second-order valence-electron chi connectivity index (χ2n) is 26.9. The Morgan fingerprint density at radius 1 is 0.208 bits per heavy atom. The van der Waals surface area contributed by atoms with Crippen LogP contribution in [0.1, 0.15) is 144 Å². The van der Waals surface area contributed by atoms with Gasteiger partial charge in [-0.05, 0) is 198 Å². The SMILES string of the molecule is CCCCCCc1cc(-c2ccc(C(c3ccc(-c4ccc(-c5ccccc5)cc4)cc3)c3ccc(-c4cccc(C)c4)cc3)cc2C)c(CCCCCC)cc1-c1ccc(C(c2ccc(-c3ccc(-c4ccccc4)cc3)cc2)c2ccc(-c3cccc(C)c3)cc2)cc1C. The Balaban J connectivity index is 0.865. The third-order valence-electron chi connectivity index (χ3n) is 20.0. The molecular formula is C96H90. The molecule has 2 atom stereocenters. The van der Waals surface area contributed by atoms with Crippen LogP contribution in [0.2, 0.25) is 0 Å². The lowest BCUT2D eigenvalue weighted by molar-refractivity contribution is 0.664. The summed E-state index contributed by atoms with van der Waals surface area (Å²) in [5.74, 6) is 0.0745. The maximum absolute atomic E-state index is 2.63. The summed E-state index contributed by atoms with van der Waals surface area (Å²) in [7, 11) is 0. The minimum atomic E-state index is 0.0372. The molecule has 0 spiro atoms. The molecule has 96 heavy (non-hydrogen) atoms. The second kappa shape index (κ2) is 30.5. The average molecular weight is 1240 g/mol. The monoisotopic (exact) mass is 1240 g/mol. The van der Waals surface area contributed by atoms with E-state index in [-0.39, 0.29) is 11.8 Å². The molecule has 0 aliphatic heterocycles. The first-order valence-corrected chi connectivity index (χ1v) is 35.4. The molecule has 0 nitrogen and oxygen atoms in total. The molecular weight excluding hydrogens is 1150 g/mol. The lowest BCUT2D eigenvalue weighted by Crippen LogP contribution is -2.06. The van der Waals surface area contributed by atoms with Crippen molar-refractivity contribution in [3.8, 4) is 89.0 Å². The van der Waals surface area contributed by atoms with E-state index in [4.69, 9.17) is 0 Å². The number of rotatable bonds is 24. The van der Waals surface area contributed by atoms with Gasteiger partial charge in [0, 0.05) is 11.8 Å². The number of unbranched alkanes of at least 4 members (excludes halogenated alkanes) is 6. The molecule has 13 aromatic carbocycles. The first-order chi connectivity index (χ1) is 47.1. The van der Waals surface area contributed by atoms with Crippen LogP contribution in [0.5, 0.6) is 0 Å². The van der Waals surface area contributed by atoms with Crippen LogP contribution in [0.3, 0.4) is 0 Å². The van der Waals surface area contributed by atoms with E-state index in [2.05, 4.69) is 345 Å². The normalized spacial score (nSPS) is 12.0. The summed E-state index contributed by atoms with van der Waals surface area (Å²) in [5.41, 5.74) is 36.1. The zero-order chi connectivity index (χ0) is 65.7. The first kappa shape index (κ1) is 64.6. The number of aryl methyl sites for hydroxylation is 6. The molecule has 0 aliphatic carbocycles. The maximum atomic E-state index is 2.63. The molecule has 0 amide bonds. The second-order valence-corrected chi connectivity index (χ2v) is 26.9. The standard InChI is InChI=1S/C96H90/c1-7-9-11-15-29-87-65-94(92-60-58-90(64-70(92)6)96(84-55-47-80(48-56-84)86-32-22-24-68(4)62-86)82-51-43-78(44-52-82)76-39-35-74(36-40-76)72-27-19-14-20-28-72)88(30-16-12-10-8-2)66-93(87)91-59-57-89(63-69(91)5)95(83-53-45-79(46-54-83)85-31-21-23-67(3)61-85)81-49-41-77(42-50-81)75-37-33-73(34-38-75)71-25-17-13-18-26-71/h13-14,17-28,31-66,95-96H,7-12,15-16,29-30H2,1-6H3. The van der Waals surface area contributed by atoms with Crippen molar-refractivity contribution in [3.05, 3.63) is 370 Å². The predicted octanol–water partition coefficient (Wildman–Crippen LogP) is 26.9. The number of benzene rings is 13. The Morgan fingerprint density at radius 2 is 0.479 bits per heavy atom. The minimum Gasteiger partial charge on any atom is -0.0654 e. The molecule has 0 aromatic heterocycles. The smallest absolute Gasteiger partial charge is 0.0340 e. The largest absolute Gasteiger partial charge is 0.0654 e. The summed E-state index contributed by atoms with van der Waals surface area (Å²) in [5, 5.41) is 0. The van der Waals surface area contributed by atoms with Crippen LogP contribution < -0.4 is 0 Å². The Labute approximate surface area is 573 Å². The van der Waals surface area contributed by atoms with Crippen LogP contribution >= 0.6 is 0 Å². The Hall–Kier alpha value is -10.1. The van der Waals surface area contributed by atoms with E-state index in [1.165, 1.54) is 207 Å². The minimum absolute atomic E-state index is 0.0372.